The van der Waals surface area contributed by atoms with Gasteiger partial charge in [0.2, 0.25) is 0 Å². The molecular formula is C71H130O6. The SMILES string of the molecule is CC/C=C\C/C=C\C/C=C\C/C=C\CCCCCCCCCCCCCCCCCCC(=O)OCC(COC(=O)CCCCCCCC)OC(=O)CCCCCCCCCCCCCCCCCCCCCCCCCC. The lowest BCUT2D eigenvalue weighted by molar-refractivity contribution is -0.167. The van der Waals surface area contributed by atoms with Gasteiger partial charge in [0.15, 0.2) is 6.10 Å². The van der Waals surface area contributed by atoms with Crippen LogP contribution in [0.5, 0.6) is 0 Å². The smallest absolute Gasteiger partial charge is 0.306 e. The summed E-state index contributed by atoms with van der Waals surface area (Å²) in [6.45, 7) is 6.53. The van der Waals surface area contributed by atoms with E-state index in [9.17, 15) is 14.4 Å². The number of ether oxygens (including phenoxy) is 3. The second-order valence-corrected chi connectivity index (χ2v) is 23.1. The Morgan fingerprint density at radius 1 is 0.273 bits per heavy atom. The lowest BCUT2D eigenvalue weighted by atomic mass is 10.0. The Morgan fingerprint density at radius 2 is 0.506 bits per heavy atom. The van der Waals surface area contributed by atoms with E-state index in [0.717, 1.165) is 83.5 Å². The molecule has 0 aromatic carbocycles. The van der Waals surface area contributed by atoms with Crippen LogP contribution in [0.15, 0.2) is 48.6 Å². The van der Waals surface area contributed by atoms with E-state index in [0.29, 0.717) is 19.3 Å². The molecule has 77 heavy (non-hydrogen) atoms. The predicted molar refractivity (Wildman–Crippen MR) is 335 cm³/mol. The maximum Gasteiger partial charge on any atom is 0.306 e. The molecular weight excluding hydrogens is 949 g/mol. The zero-order valence-corrected chi connectivity index (χ0v) is 51.7. The molecule has 0 aromatic rings. The summed E-state index contributed by atoms with van der Waals surface area (Å²) in [6, 6.07) is 0. The van der Waals surface area contributed by atoms with Crippen molar-refractivity contribution in [1.29, 1.82) is 0 Å². The maximum absolute atomic E-state index is 12.9. The first-order chi connectivity index (χ1) is 38.0. The molecule has 0 rings (SSSR count). The van der Waals surface area contributed by atoms with Gasteiger partial charge >= 0.3 is 17.9 Å². The monoisotopic (exact) mass is 1080 g/mol. The minimum absolute atomic E-state index is 0.0674. The summed E-state index contributed by atoms with van der Waals surface area (Å²) in [5, 5.41) is 0. The molecule has 0 N–H and O–H groups in total. The van der Waals surface area contributed by atoms with Crippen molar-refractivity contribution in [3.05, 3.63) is 48.6 Å². The second kappa shape index (κ2) is 65.9. The maximum atomic E-state index is 12.9. The van der Waals surface area contributed by atoms with Gasteiger partial charge in [-0.3, -0.25) is 14.4 Å². The Bertz CT molecular complexity index is 1330. The summed E-state index contributed by atoms with van der Waals surface area (Å²) >= 11 is 0. The van der Waals surface area contributed by atoms with Crippen LogP contribution in [0, 0.1) is 0 Å². The van der Waals surface area contributed by atoms with Crippen molar-refractivity contribution in [2.75, 3.05) is 13.2 Å². The van der Waals surface area contributed by atoms with Gasteiger partial charge in [-0.1, -0.05) is 339 Å². The molecule has 0 bridgehead atoms. The number of allylic oxidation sites excluding steroid dienone is 8. The Morgan fingerprint density at radius 3 is 0.792 bits per heavy atom. The van der Waals surface area contributed by atoms with E-state index in [2.05, 4.69) is 69.4 Å². The van der Waals surface area contributed by atoms with Crippen LogP contribution in [-0.2, 0) is 28.6 Å². The summed E-state index contributed by atoms with van der Waals surface area (Å²) in [4.78, 5) is 38.1. The third-order valence-electron chi connectivity index (χ3n) is 15.3. The molecule has 6 heteroatoms. The fourth-order valence-electron chi connectivity index (χ4n) is 10.3. The molecule has 0 aromatic heterocycles. The molecule has 1 unspecified atom stereocenters. The normalized spacial score (nSPS) is 12.3. The second-order valence-electron chi connectivity index (χ2n) is 23.1. The topological polar surface area (TPSA) is 78.9 Å². The molecule has 0 aliphatic rings. The average molecular weight is 1080 g/mol. The highest BCUT2D eigenvalue weighted by Gasteiger charge is 2.19. The van der Waals surface area contributed by atoms with E-state index in [-0.39, 0.29) is 31.1 Å². The number of esters is 3. The number of hydrogen-bond donors (Lipinski definition) is 0. The molecule has 0 aliphatic carbocycles. The molecule has 0 amide bonds. The number of carbonyl (C=O) groups is 3. The van der Waals surface area contributed by atoms with Crippen molar-refractivity contribution in [3.63, 3.8) is 0 Å². The van der Waals surface area contributed by atoms with Gasteiger partial charge in [-0.15, -0.1) is 0 Å². The van der Waals surface area contributed by atoms with Crippen LogP contribution < -0.4 is 0 Å². The van der Waals surface area contributed by atoms with Crippen molar-refractivity contribution in [3.8, 4) is 0 Å². The molecule has 0 spiro atoms. The largest absolute Gasteiger partial charge is 0.462 e. The Kier molecular flexibility index (Phi) is 63.6. The zero-order valence-electron chi connectivity index (χ0n) is 51.7. The lowest BCUT2D eigenvalue weighted by Crippen LogP contribution is -2.30. The average Bonchev–Trinajstić information content (AvgIpc) is 3.43. The standard InChI is InChI=1S/C71H130O6/c1-4-7-10-13-16-18-20-22-24-26-28-30-32-34-35-36-37-38-40-41-43-45-47-49-51-53-55-58-61-64-70(73)76-67-68(66-75-69(72)63-60-57-15-12-9-6-3)77-71(74)65-62-59-56-54-52-50-48-46-44-42-39-33-31-29-27-25-23-21-19-17-14-11-8-5-2/h7,10,16,18,22,24,28,30,68H,4-6,8-9,11-15,17,19-21,23,25-27,29,31-67H2,1-3H3/b10-7-,18-16-,24-22-,30-28-. The van der Waals surface area contributed by atoms with E-state index >= 15 is 0 Å². The van der Waals surface area contributed by atoms with Crippen LogP contribution in [0.4, 0.5) is 0 Å². The minimum Gasteiger partial charge on any atom is -0.462 e. The van der Waals surface area contributed by atoms with E-state index < -0.39 is 6.10 Å². The third kappa shape index (κ3) is 64.1. The fraction of sp³-hybridized carbons (Fsp3) is 0.845. The van der Waals surface area contributed by atoms with Gasteiger partial charge in [-0.2, -0.15) is 0 Å². The molecule has 0 radical (unpaired) electrons. The number of unbranched alkanes of at least 4 members (excludes halogenated alkanes) is 44. The van der Waals surface area contributed by atoms with E-state index in [1.807, 2.05) is 0 Å². The fourth-order valence-corrected chi connectivity index (χ4v) is 10.3. The van der Waals surface area contributed by atoms with E-state index in [1.165, 1.54) is 244 Å². The first-order valence-electron chi connectivity index (χ1n) is 34.1. The summed E-state index contributed by atoms with van der Waals surface area (Å²) in [6.07, 6.45) is 83.2. The molecule has 0 fully saturated rings. The number of hydrogen-bond acceptors (Lipinski definition) is 6. The third-order valence-corrected chi connectivity index (χ3v) is 15.3. The minimum atomic E-state index is -0.767. The molecule has 450 valence electrons. The van der Waals surface area contributed by atoms with Crippen LogP contribution in [0.2, 0.25) is 0 Å². The van der Waals surface area contributed by atoms with Gasteiger partial charge in [0, 0.05) is 19.3 Å². The number of rotatable bonds is 63. The summed E-state index contributed by atoms with van der Waals surface area (Å²) in [5.41, 5.74) is 0. The van der Waals surface area contributed by atoms with Crippen molar-refractivity contribution < 1.29 is 28.6 Å². The van der Waals surface area contributed by atoms with Crippen molar-refractivity contribution in [2.24, 2.45) is 0 Å². The first kappa shape index (κ1) is 74.4. The van der Waals surface area contributed by atoms with E-state index in [1.54, 1.807) is 0 Å². The van der Waals surface area contributed by atoms with Crippen LogP contribution in [0.25, 0.3) is 0 Å². The van der Waals surface area contributed by atoms with Crippen LogP contribution in [0.1, 0.15) is 367 Å². The van der Waals surface area contributed by atoms with Crippen molar-refractivity contribution in [2.45, 2.75) is 374 Å². The number of carbonyl (C=O) groups excluding carboxylic acids is 3. The van der Waals surface area contributed by atoms with Crippen molar-refractivity contribution >= 4 is 17.9 Å². The van der Waals surface area contributed by atoms with Gasteiger partial charge in [0.25, 0.3) is 0 Å². The first-order valence-corrected chi connectivity index (χ1v) is 34.1. The molecule has 1 atom stereocenters. The molecule has 0 heterocycles. The lowest BCUT2D eigenvalue weighted by Gasteiger charge is -2.18. The van der Waals surface area contributed by atoms with Crippen molar-refractivity contribution in [1.82, 2.24) is 0 Å². The predicted octanol–water partition coefficient (Wildman–Crippen LogP) is 23.3. The summed E-state index contributed by atoms with van der Waals surface area (Å²) in [7, 11) is 0. The Labute approximate surface area is 479 Å². The highest BCUT2D eigenvalue weighted by molar-refractivity contribution is 5.71. The molecule has 0 saturated carbocycles. The zero-order chi connectivity index (χ0) is 55.7. The highest BCUT2D eigenvalue weighted by atomic mass is 16.6. The highest BCUT2D eigenvalue weighted by Crippen LogP contribution is 2.18. The van der Waals surface area contributed by atoms with Crippen LogP contribution >= 0.6 is 0 Å². The van der Waals surface area contributed by atoms with Crippen LogP contribution in [-0.4, -0.2) is 37.2 Å². The molecule has 6 nitrogen and oxygen atoms in total. The summed E-state index contributed by atoms with van der Waals surface area (Å²) < 4.78 is 16.9. The van der Waals surface area contributed by atoms with E-state index in [4.69, 9.17) is 14.2 Å². The van der Waals surface area contributed by atoms with Crippen LogP contribution in [0.3, 0.4) is 0 Å². The van der Waals surface area contributed by atoms with Gasteiger partial charge in [-0.05, 0) is 57.8 Å². The van der Waals surface area contributed by atoms with Gasteiger partial charge < -0.3 is 14.2 Å². The van der Waals surface area contributed by atoms with Gasteiger partial charge in [-0.25, -0.2) is 0 Å². The van der Waals surface area contributed by atoms with Gasteiger partial charge in [0.05, 0.1) is 0 Å². The Balaban J connectivity index is 3.99. The Hall–Kier alpha value is -2.63. The summed E-state index contributed by atoms with van der Waals surface area (Å²) in [5.74, 6) is -0.853. The van der Waals surface area contributed by atoms with Gasteiger partial charge in [0.1, 0.15) is 13.2 Å². The molecule has 0 aliphatic heterocycles. The molecule has 0 saturated heterocycles. The quantitative estimate of drug-likeness (QED) is 0.0261.